The number of rotatable bonds is 1. The third-order valence-electron chi connectivity index (χ3n) is 2.63. The van der Waals surface area contributed by atoms with E-state index < -0.39 is 0 Å². The molecule has 2 rings (SSSR count). The van der Waals surface area contributed by atoms with Crippen LogP contribution < -0.4 is 0 Å². The van der Waals surface area contributed by atoms with E-state index in [1.807, 2.05) is 12.3 Å². The summed E-state index contributed by atoms with van der Waals surface area (Å²) in [6.07, 6.45) is 12.5. The Kier molecular flexibility index (Phi) is 2.11. The van der Waals surface area contributed by atoms with E-state index in [1.54, 1.807) is 0 Å². The van der Waals surface area contributed by atoms with Crippen LogP contribution in [0.2, 0.25) is 0 Å². The zero-order chi connectivity index (χ0) is 8.39. The molecule has 1 heterocycles. The highest BCUT2D eigenvalue weighted by Gasteiger charge is 2.16. The minimum absolute atomic E-state index is 0.382. The molecule has 0 N–H and O–H groups in total. The molecule has 0 saturated heterocycles. The first-order valence-corrected chi connectivity index (χ1v) is 4.77. The molecule has 0 saturated carbocycles. The third kappa shape index (κ3) is 1.50. The lowest BCUT2D eigenvalue weighted by atomic mass is 9.88. The molecule has 2 atom stereocenters. The molecule has 0 spiro atoms. The second-order valence-corrected chi connectivity index (χ2v) is 3.74. The van der Waals surface area contributed by atoms with E-state index in [0.29, 0.717) is 6.04 Å². The summed E-state index contributed by atoms with van der Waals surface area (Å²) in [5.74, 6) is 0.762. The molecule has 0 aromatic rings. The molecule has 0 fully saturated rings. The molecule has 64 valence electrons. The summed E-state index contributed by atoms with van der Waals surface area (Å²) in [5, 5.41) is 0. The first-order valence-electron chi connectivity index (χ1n) is 4.77. The molecular formula is C11H15N. The van der Waals surface area contributed by atoms with Gasteiger partial charge in [-0.3, -0.25) is 4.99 Å². The number of hydrogen-bond acceptors (Lipinski definition) is 1. The van der Waals surface area contributed by atoms with Gasteiger partial charge in [-0.25, -0.2) is 0 Å². The normalized spacial score (nSPS) is 33.9. The molecule has 0 aromatic heterocycles. The number of nitrogens with zero attached hydrogens (tertiary/aromatic N) is 1. The topological polar surface area (TPSA) is 12.4 Å². The van der Waals surface area contributed by atoms with Crippen LogP contribution in [-0.4, -0.2) is 12.3 Å². The van der Waals surface area contributed by atoms with Crippen LogP contribution in [0.15, 0.2) is 28.8 Å². The maximum Gasteiger partial charge on any atom is 0.0893 e. The van der Waals surface area contributed by atoms with Crippen molar-refractivity contribution in [1.29, 1.82) is 0 Å². The summed E-state index contributed by atoms with van der Waals surface area (Å²) in [4.78, 5) is 4.39. The van der Waals surface area contributed by atoms with Gasteiger partial charge < -0.3 is 0 Å². The Bertz CT molecular complexity index is 236. The fraction of sp³-hybridized carbons (Fsp3) is 0.545. The third-order valence-corrected chi connectivity index (χ3v) is 2.63. The largest absolute Gasteiger partial charge is 0.281 e. The zero-order valence-electron chi connectivity index (χ0n) is 7.53. The molecule has 1 aliphatic carbocycles. The Hall–Kier alpha value is -0.850. The van der Waals surface area contributed by atoms with Gasteiger partial charge in [0.05, 0.1) is 6.04 Å². The number of hydrogen-bond donors (Lipinski definition) is 0. The molecule has 2 aliphatic rings. The smallest absolute Gasteiger partial charge is 0.0893 e. The highest BCUT2D eigenvalue weighted by molar-refractivity contribution is 5.75. The quantitative estimate of drug-likeness (QED) is 0.524. The maximum atomic E-state index is 4.39. The molecular weight excluding hydrogens is 146 g/mol. The van der Waals surface area contributed by atoms with Crippen LogP contribution in [0.4, 0.5) is 0 Å². The van der Waals surface area contributed by atoms with E-state index in [-0.39, 0.29) is 0 Å². The van der Waals surface area contributed by atoms with Gasteiger partial charge in [0.1, 0.15) is 0 Å². The van der Waals surface area contributed by atoms with Crippen molar-refractivity contribution in [3.05, 3.63) is 23.8 Å². The first-order chi connectivity index (χ1) is 5.86. The Balaban J connectivity index is 2.11. The Morgan fingerprint density at radius 2 is 2.42 bits per heavy atom. The predicted molar refractivity (Wildman–Crippen MR) is 52.5 cm³/mol. The van der Waals surface area contributed by atoms with Crippen molar-refractivity contribution in [2.75, 3.05) is 0 Å². The monoisotopic (exact) mass is 161 g/mol. The van der Waals surface area contributed by atoms with Gasteiger partial charge in [-0.2, -0.15) is 0 Å². The lowest BCUT2D eigenvalue weighted by Crippen LogP contribution is -2.09. The van der Waals surface area contributed by atoms with Crippen LogP contribution in [-0.2, 0) is 0 Å². The van der Waals surface area contributed by atoms with Crippen LogP contribution in [0, 0.1) is 5.92 Å². The molecule has 0 aromatic carbocycles. The van der Waals surface area contributed by atoms with Crippen molar-refractivity contribution in [2.24, 2.45) is 10.9 Å². The molecule has 12 heavy (non-hydrogen) atoms. The molecule has 0 amide bonds. The second-order valence-electron chi connectivity index (χ2n) is 3.74. The van der Waals surface area contributed by atoms with E-state index in [1.165, 1.54) is 24.8 Å². The summed E-state index contributed by atoms with van der Waals surface area (Å²) in [5.41, 5.74) is 1.53. The van der Waals surface area contributed by atoms with E-state index in [2.05, 4.69) is 24.1 Å². The van der Waals surface area contributed by atoms with Crippen LogP contribution in [0.5, 0.6) is 0 Å². The highest BCUT2D eigenvalue weighted by atomic mass is 14.8. The summed E-state index contributed by atoms with van der Waals surface area (Å²) in [6, 6.07) is 0.382. The van der Waals surface area contributed by atoms with Gasteiger partial charge in [0.25, 0.3) is 0 Å². The average molecular weight is 161 g/mol. The average Bonchev–Trinajstić information content (AvgIpc) is 2.56. The van der Waals surface area contributed by atoms with E-state index in [0.717, 1.165) is 5.92 Å². The van der Waals surface area contributed by atoms with Crippen molar-refractivity contribution >= 4 is 6.21 Å². The number of allylic oxidation sites excluding steroid dienone is 2. The Morgan fingerprint density at radius 3 is 3.08 bits per heavy atom. The summed E-state index contributed by atoms with van der Waals surface area (Å²) in [6.45, 7) is 2.29. The Labute approximate surface area is 73.9 Å². The van der Waals surface area contributed by atoms with Crippen molar-refractivity contribution in [2.45, 2.75) is 32.2 Å². The van der Waals surface area contributed by atoms with E-state index >= 15 is 0 Å². The SMILES string of the molecule is C[C@@H]1C=C(C2C=CC=N2)CCC1. The van der Waals surface area contributed by atoms with Gasteiger partial charge in [-0.1, -0.05) is 19.1 Å². The molecule has 1 nitrogen and oxygen atoms in total. The van der Waals surface area contributed by atoms with Gasteiger partial charge in [-0.15, -0.1) is 0 Å². The van der Waals surface area contributed by atoms with Gasteiger partial charge >= 0.3 is 0 Å². The van der Waals surface area contributed by atoms with Crippen LogP contribution in [0.25, 0.3) is 0 Å². The number of aliphatic imine (C=N–C) groups is 1. The fourth-order valence-electron chi connectivity index (χ4n) is 1.97. The zero-order valence-corrected chi connectivity index (χ0v) is 7.53. The van der Waals surface area contributed by atoms with E-state index in [9.17, 15) is 0 Å². The van der Waals surface area contributed by atoms with Crippen LogP contribution in [0.1, 0.15) is 26.2 Å². The molecule has 0 bridgehead atoms. The summed E-state index contributed by atoms with van der Waals surface area (Å²) in [7, 11) is 0. The Morgan fingerprint density at radius 1 is 1.50 bits per heavy atom. The molecule has 1 aliphatic heterocycles. The van der Waals surface area contributed by atoms with Gasteiger partial charge in [-0.05, 0) is 36.8 Å². The summed E-state index contributed by atoms with van der Waals surface area (Å²) >= 11 is 0. The van der Waals surface area contributed by atoms with Gasteiger partial charge in [0.2, 0.25) is 0 Å². The predicted octanol–water partition coefficient (Wildman–Crippen LogP) is 2.74. The standard InChI is InChI=1S/C11H15N/c1-9-4-2-5-10(8-9)11-6-3-7-12-11/h3,6-9,11H,2,4-5H2,1H3/t9-,11?/m0/s1. The van der Waals surface area contributed by atoms with Crippen molar-refractivity contribution < 1.29 is 0 Å². The van der Waals surface area contributed by atoms with Gasteiger partial charge in [0.15, 0.2) is 0 Å². The maximum absolute atomic E-state index is 4.39. The lowest BCUT2D eigenvalue weighted by molar-refractivity contribution is 0.555. The van der Waals surface area contributed by atoms with E-state index in [4.69, 9.17) is 0 Å². The van der Waals surface area contributed by atoms with Crippen LogP contribution >= 0.6 is 0 Å². The van der Waals surface area contributed by atoms with Crippen molar-refractivity contribution in [1.82, 2.24) is 0 Å². The first kappa shape index (κ1) is 7.78. The minimum atomic E-state index is 0.382. The second kappa shape index (κ2) is 3.26. The summed E-state index contributed by atoms with van der Waals surface area (Å²) < 4.78 is 0. The molecule has 0 radical (unpaired) electrons. The molecule has 1 unspecified atom stereocenters. The van der Waals surface area contributed by atoms with Gasteiger partial charge in [0, 0.05) is 6.21 Å². The van der Waals surface area contributed by atoms with Crippen LogP contribution in [0.3, 0.4) is 0 Å². The van der Waals surface area contributed by atoms with Crippen molar-refractivity contribution in [3.8, 4) is 0 Å². The highest BCUT2D eigenvalue weighted by Crippen LogP contribution is 2.27. The van der Waals surface area contributed by atoms with Crippen molar-refractivity contribution in [3.63, 3.8) is 0 Å². The lowest BCUT2D eigenvalue weighted by Gasteiger charge is -2.19. The molecule has 1 heteroatoms. The minimum Gasteiger partial charge on any atom is -0.281 e. The fourth-order valence-corrected chi connectivity index (χ4v) is 1.97.